The fourth-order valence-corrected chi connectivity index (χ4v) is 5.64. The van der Waals surface area contributed by atoms with E-state index in [1.165, 1.54) is 77.0 Å². The molecule has 9 heteroatoms. The zero-order valence-electron chi connectivity index (χ0n) is 32.7. The van der Waals surface area contributed by atoms with E-state index in [-0.39, 0.29) is 19.4 Å². The van der Waals surface area contributed by atoms with Crippen LogP contribution in [-0.4, -0.2) is 41.0 Å². The highest BCUT2D eigenvalue weighted by atomic mass is 31.2. The number of phosphoric ester groups is 1. The third-order valence-electron chi connectivity index (χ3n) is 8.25. The van der Waals surface area contributed by atoms with E-state index in [2.05, 4.69) is 79.1 Å². The van der Waals surface area contributed by atoms with Crippen molar-refractivity contribution in [3.05, 3.63) is 72.9 Å². The molecule has 0 aliphatic carbocycles. The number of rotatable bonds is 36. The molecule has 0 unspecified atom stereocenters. The van der Waals surface area contributed by atoms with Crippen LogP contribution >= 0.6 is 7.82 Å². The summed E-state index contributed by atoms with van der Waals surface area (Å²) in [6.07, 6.45) is 49.2. The van der Waals surface area contributed by atoms with Crippen molar-refractivity contribution >= 4 is 19.8 Å². The predicted octanol–water partition coefficient (Wildman–Crippen LogP) is 12.3. The number of unbranched alkanes of at least 4 members (excludes halogenated alkanes) is 14. The average molecular weight is 749 g/mol. The molecular formula is C43H73O8P. The molecule has 1 atom stereocenters. The molecule has 0 saturated heterocycles. The molecule has 0 radical (unpaired) electrons. The van der Waals surface area contributed by atoms with E-state index in [0.717, 1.165) is 51.4 Å². The van der Waals surface area contributed by atoms with Crippen molar-refractivity contribution in [1.82, 2.24) is 0 Å². The van der Waals surface area contributed by atoms with Crippen LogP contribution < -0.4 is 0 Å². The number of ether oxygens (including phenoxy) is 2. The monoisotopic (exact) mass is 749 g/mol. The molecule has 2 N–H and O–H groups in total. The minimum Gasteiger partial charge on any atom is -0.462 e. The quantitative estimate of drug-likeness (QED) is 0.0281. The van der Waals surface area contributed by atoms with Crippen LogP contribution in [0.2, 0.25) is 0 Å². The van der Waals surface area contributed by atoms with E-state index in [1.807, 2.05) is 12.2 Å². The molecule has 0 spiro atoms. The lowest BCUT2D eigenvalue weighted by molar-refractivity contribution is -0.161. The zero-order valence-corrected chi connectivity index (χ0v) is 33.6. The van der Waals surface area contributed by atoms with Crippen LogP contribution in [0.4, 0.5) is 0 Å². The first-order valence-electron chi connectivity index (χ1n) is 20.2. The molecule has 0 amide bonds. The number of allylic oxidation sites excluding steroid dienone is 12. The summed E-state index contributed by atoms with van der Waals surface area (Å²) in [4.78, 5) is 42.8. The minimum atomic E-state index is -4.77. The van der Waals surface area contributed by atoms with Gasteiger partial charge in [0.1, 0.15) is 6.61 Å². The largest absolute Gasteiger partial charge is 0.469 e. The summed E-state index contributed by atoms with van der Waals surface area (Å²) < 4.78 is 26.3. The number of esters is 2. The van der Waals surface area contributed by atoms with Crippen molar-refractivity contribution in [3.8, 4) is 0 Å². The predicted molar refractivity (Wildman–Crippen MR) is 216 cm³/mol. The molecule has 0 saturated carbocycles. The molecule has 298 valence electrons. The second kappa shape index (κ2) is 38.2. The number of hydrogen-bond acceptors (Lipinski definition) is 6. The Morgan fingerprint density at radius 1 is 0.519 bits per heavy atom. The highest BCUT2D eigenvalue weighted by Crippen LogP contribution is 2.36. The number of phosphoric acid groups is 1. The van der Waals surface area contributed by atoms with Crippen molar-refractivity contribution in [2.24, 2.45) is 0 Å². The first-order chi connectivity index (χ1) is 25.3. The zero-order chi connectivity index (χ0) is 38.2. The molecular weight excluding hydrogens is 675 g/mol. The van der Waals surface area contributed by atoms with Gasteiger partial charge in [0.2, 0.25) is 0 Å². The maximum Gasteiger partial charge on any atom is 0.469 e. The lowest BCUT2D eigenvalue weighted by atomic mass is 10.0. The van der Waals surface area contributed by atoms with Gasteiger partial charge in [0, 0.05) is 12.8 Å². The van der Waals surface area contributed by atoms with Crippen molar-refractivity contribution in [3.63, 3.8) is 0 Å². The van der Waals surface area contributed by atoms with Crippen molar-refractivity contribution in [2.75, 3.05) is 13.2 Å². The molecule has 8 nitrogen and oxygen atoms in total. The minimum absolute atomic E-state index is 0.0850. The summed E-state index contributed by atoms with van der Waals surface area (Å²) in [5, 5.41) is 0. The van der Waals surface area contributed by atoms with Gasteiger partial charge in [0.25, 0.3) is 0 Å². The third kappa shape index (κ3) is 40.3. The van der Waals surface area contributed by atoms with Crippen LogP contribution in [0.5, 0.6) is 0 Å². The Bertz CT molecular complexity index is 1070. The fraction of sp³-hybridized carbons (Fsp3) is 0.674. The fourth-order valence-electron chi connectivity index (χ4n) is 5.28. The van der Waals surface area contributed by atoms with E-state index in [1.54, 1.807) is 0 Å². The molecule has 0 fully saturated rings. The van der Waals surface area contributed by atoms with Gasteiger partial charge in [-0.2, -0.15) is 0 Å². The second-order valence-electron chi connectivity index (χ2n) is 13.2. The summed E-state index contributed by atoms with van der Waals surface area (Å²) in [5.74, 6) is -0.984. The van der Waals surface area contributed by atoms with Crippen LogP contribution in [0.15, 0.2) is 72.9 Å². The van der Waals surface area contributed by atoms with Gasteiger partial charge in [0.15, 0.2) is 6.10 Å². The molecule has 0 aromatic heterocycles. The number of carbonyl (C=O) groups is 2. The van der Waals surface area contributed by atoms with E-state index >= 15 is 0 Å². The van der Waals surface area contributed by atoms with E-state index in [9.17, 15) is 14.2 Å². The molecule has 0 aliphatic rings. The van der Waals surface area contributed by atoms with Crippen LogP contribution in [-0.2, 0) is 28.2 Å². The van der Waals surface area contributed by atoms with Gasteiger partial charge in [-0.3, -0.25) is 14.1 Å². The van der Waals surface area contributed by atoms with Gasteiger partial charge < -0.3 is 19.3 Å². The van der Waals surface area contributed by atoms with Crippen LogP contribution in [0.1, 0.15) is 168 Å². The maximum atomic E-state index is 12.4. The SMILES string of the molecule is CC/C=C\C/C=C\C/C=C\C/C=C\C/C=C\C/C=C\CCC(=O)O[C@H](COC(=O)CCCCCCCCCCCCCCCCC)COP(=O)(O)O. The van der Waals surface area contributed by atoms with E-state index in [0.29, 0.717) is 12.8 Å². The molecule has 0 heterocycles. The van der Waals surface area contributed by atoms with Gasteiger partial charge in [-0.15, -0.1) is 0 Å². The lowest BCUT2D eigenvalue weighted by Gasteiger charge is -2.18. The Hall–Kier alpha value is -2.51. The Morgan fingerprint density at radius 2 is 0.923 bits per heavy atom. The van der Waals surface area contributed by atoms with Gasteiger partial charge in [0.05, 0.1) is 6.61 Å². The highest BCUT2D eigenvalue weighted by molar-refractivity contribution is 7.46. The third-order valence-corrected chi connectivity index (χ3v) is 8.74. The number of hydrogen-bond donors (Lipinski definition) is 2. The van der Waals surface area contributed by atoms with Crippen LogP contribution in [0.3, 0.4) is 0 Å². The molecule has 0 aliphatic heterocycles. The van der Waals surface area contributed by atoms with Crippen LogP contribution in [0.25, 0.3) is 0 Å². The molecule has 52 heavy (non-hydrogen) atoms. The maximum absolute atomic E-state index is 12.4. The molecule has 0 bridgehead atoms. The van der Waals surface area contributed by atoms with Crippen LogP contribution in [0, 0.1) is 0 Å². The summed E-state index contributed by atoms with van der Waals surface area (Å²) in [5.41, 5.74) is 0. The van der Waals surface area contributed by atoms with Gasteiger partial charge in [-0.05, 0) is 51.4 Å². The first kappa shape index (κ1) is 49.5. The number of carbonyl (C=O) groups excluding carboxylic acids is 2. The summed E-state index contributed by atoms with van der Waals surface area (Å²) >= 11 is 0. The van der Waals surface area contributed by atoms with Gasteiger partial charge >= 0.3 is 19.8 Å². The van der Waals surface area contributed by atoms with E-state index < -0.39 is 32.5 Å². The second-order valence-corrected chi connectivity index (χ2v) is 14.5. The summed E-state index contributed by atoms with van der Waals surface area (Å²) in [6, 6.07) is 0. The van der Waals surface area contributed by atoms with Crippen molar-refractivity contribution < 1.29 is 37.9 Å². The molecule has 0 rings (SSSR count). The average Bonchev–Trinajstić information content (AvgIpc) is 3.11. The normalized spacial score (nSPS) is 13.2. The van der Waals surface area contributed by atoms with E-state index in [4.69, 9.17) is 19.3 Å². The van der Waals surface area contributed by atoms with Gasteiger partial charge in [-0.25, -0.2) is 4.57 Å². The highest BCUT2D eigenvalue weighted by Gasteiger charge is 2.22. The van der Waals surface area contributed by atoms with Crippen molar-refractivity contribution in [2.45, 2.75) is 174 Å². The first-order valence-corrected chi connectivity index (χ1v) is 21.8. The van der Waals surface area contributed by atoms with Crippen molar-refractivity contribution in [1.29, 1.82) is 0 Å². The lowest BCUT2D eigenvalue weighted by Crippen LogP contribution is -2.29. The standard InChI is InChI=1S/C43H73O8P/c1-3-5-7-9-11-13-15-17-19-20-21-22-24-26-28-30-32-34-36-38-43(45)51-41(40-50-52(46,47)48)39-49-42(44)37-35-33-31-29-27-25-23-18-16-14-12-10-8-6-4-2/h5,7,11,13,17,19,21-22,26,28,32,34,41H,3-4,6,8-10,12,14-16,18,20,23-25,27,29-31,33,35-40H2,1-2H3,(H2,46,47,48)/b7-5-,13-11-,19-17-,22-21-,28-26-,34-32-/t41-/m1/s1. The summed E-state index contributed by atoms with van der Waals surface area (Å²) in [6.45, 7) is 3.50. The topological polar surface area (TPSA) is 119 Å². The van der Waals surface area contributed by atoms with Gasteiger partial charge in [-0.1, -0.05) is 177 Å². The smallest absolute Gasteiger partial charge is 0.462 e. The molecule has 0 aromatic rings. The molecule has 0 aromatic carbocycles. The Labute approximate surface area is 317 Å². The Balaban J connectivity index is 4.08. The Kier molecular flexibility index (Phi) is 36.4. The Morgan fingerprint density at radius 3 is 1.35 bits per heavy atom. The summed E-state index contributed by atoms with van der Waals surface area (Å²) in [7, 11) is -4.77.